The smallest absolute Gasteiger partial charge is 0.258 e. The Morgan fingerprint density at radius 2 is 1.77 bits per heavy atom. The second-order valence-corrected chi connectivity index (χ2v) is 8.57. The maximum atomic E-state index is 14.0. The standard InChI is InChI=1S/C25H29FN2O2/c1-17-13-14-19(16-22(17)27-24(29)20-10-5-6-11-21(20)26)25(30)28-15-7-12-23(28)18-8-3-2-4-9-18/h5-6,10-11,13-14,16,18,23H,2-4,7-9,12,15H2,1H3,(H,27,29)/t23-/m0/s1. The molecule has 4 nitrogen and oxygen atoms in total. The van der Waals surface area contributed by atoms with Crippen molar-refractivity contribution in [1.29, 1.82) is 0 Å². The normalized spacial score (nSPS) is 19.7. The zero-order chi connectivity index (χ0) is 21.1. The molecule has 158 valence electrons. The average molecular weight is 409 g/mol. The molecule has 0 aromatic heterocycles. The van der Waals surface area contributed by atoms with E-state index in [0.717, 1.165) is 24.9 Å². The Labute approximate surface area is 177 Å². The summed E-state index contributed by atoms with van der Waals surface area (Å²) < 4.78 is 14.0. The van der Waals surface area contributed by atoms with E-state index in [1.165, 1.54) is 44.2 Å². The number of rotatable bonds is 4. The highest BCUT2D eigenvalue weighted by Gasteiger charge is 2.35. The van der Waals surface area contributed by atoms with Crippen LogP contribution in [-0.2, 0) is 0 Å². The van der Waals surface area contributed by atoms with Crippen LogP contribution in [0.2, 0.25) is 0 Å². The third-order valence-corrected chi connectivity index (χ3v) is 6.61. The van der Waals surface area contributed by atoms with Crippen molar-refractivity contribution in [3.05, 3.63) is 65.0 Å². The molecule has 1 N–H and O–H groups in total. The molecule has 2 aromatic rings. The molecule has 30 heavy (non-hydrogen) atoms. The number of carbonyl (C=O) groups excluding carboxylic acids is 2. The number of nitrogens with one attached hydrogen (secondary N) is 1. The summed E-state index contributed by atoms with van der Waals surface area (Å²) in [5, 5.41) is 2.78. The third kappa shape index (κ3) is 4.25. The Bertz CT molecular complexity index is 936. The van der Waals surface area contributed by atoms with Gasteiger partial charge in [-0.2, -0.15) is 0 Å². The molecule has 1 saturated carbocycles. The predicted octanol–water partition coefficient (Wildman–Crippen LogP) is 5.57. The molecule has 2 aromatic carbocycles. The zero-order valence-corrected chi connectivity index (χ0v) is 17.5. The van der Waals surface area contributed by atoms with Crippen LogP contribution in [-0.4, -0.2) is 29.3 Å². The van der Waals surface area contributed by atoms with Crippen LogP contribution in [0.4, 0.5) is 10.1 Å². The van der Waals surface area contributed by atoms with Crippen LogP contribution in [0.25, 0.3) is 0 Å². The van der Waals surface area contributed by atoms with Crippen molar-refractivity contribution in [2.75, 3.05) is 11.9 Å². The number of nitrogens with zero attached hydrogens (tertiary/aromatic N) is 1. The lowest BCUT2D eigenvalue weighted by molar-refractivity contribution is 0.0661. The second kappa shape index (κ2) is 8.99. The SMILES string of the molecule is Cc1ccc(C(=O)N2CCC[C@H]2C2CCCCC2)cc1NC(=O)c1ccccc1F. The Balaban J connectivity index is 1.53. The van der Waals surface area contributed by atoms with Gasteiger partial charge in [0.25, 0.3) is 11.8 Å². The molecule has 1 saturated heterocycles. The predicted molar refractivity (Wildman–Crippen MR) is 116 cm³/mol. The van der Waals surface area contributed by atoms with Crippen molar-refractivity contribution >= 4 is 17.5 Å². The maximum absolute atomic E-state index is 14.0. The van der Waals surface area contributed by atoms with Crippen LogP contribution in [0.1, 0.15) is 71.2 Å². The lowest BCUT2D eigenvalue weighted by Gasteiger charge is -2.34. The van der Waals surface area contributed by atoms with Gasteiger partial charge in [-0.3, -0.25) is 9.59 Å². The summed E-state index contributed by atoms with van der Waals surface area (Å²) >= 11 is 0. The molecular formula is C25H29FN2O2. The minimum Gasteiger partial charge on any atom is -0.335 e. The van der Waals surface area contributed by atoms with Crippen molar-refractivity contribution in [2.24, 2.45) is 5.92 Å². The number of hydrogen-bond acceptors (Lipinski definition) is 2. The summed E-state index contributed by atoms with van der Waals surface area (Å²) in [7, 11) is 0. The molecule has 1 heterocycles. The minimum atomic E-state index is -0.563. The van der Waals surface area contributed by atoms with E-state index in [2.05, 4.69) is 5.32 Å². The summed E-state index contributed by atoms with van der Waals surface area (Å²) in [6.45, 7) is 2.66. The number of amides is 2. The Hall–Kier alpha value is -2.69. The Kier molecular flexibility index (Phi) is 6.16. The van der Waals surface area contributed by atoms with Gasteiger partial charge < -0.3 is 10.2 Å². The summed E-state index contributed by atoms with van der Waals surface area (Å²) in [5.74, 6) is -0.435. The first kappa shape index (κ1) is 20.6. The van der Waals surface area contributed by atoms with Gasteiger partial charge in [0.15, 0.2) is 0 Å². The monoisotopic (exact) mass is 408 g/mol. The Morgan fingerprint density at radius 1 is 1.00 bits per heavy atom. The molecule has 0 bridgehead atoms. The van der Waals surface area contributed by atoms with Gasteiger partial charge in [-0.25, -0.2) is 4.39 Å². The number of hydrogen-bond donors (Lipinski definition) is 1. The molecule has 4 rings (SSSR count). The Morgan fingerprint density at radius 3 is 2.53 bits per heavy atom. The van der Waals surface area contributed by atoms with Crippen LogP contribution in [0.3, 0.4) is 0 Å². The molecular weight excluding hydrogens is 379 g/mol. The van der Waals surface area contributed by atoms with E-state index in [1.807, 2.05) is 24.0 Å². The van der Waals surface area contributed by atoms with Gasteiger partial charge in [0.2, 0.25) is 0 Å². The summed E-state index contributed by atoms with van der Waals surface area (Å²) in [6, 6.07) is 11.6. The number of halogens is 1. The highest BCUT2D eigenvalue weighted by molar-refractivity contribution is 6.05. The van der Waals surface area contributed by atoms with Crippen molar-refractivity contribution in [2.45, 2.75) is 57.9 Å². The number of likely N-dealkylation sites (tertiary alicyclic amines) is 1. The molecule has 1 aliphatic heterocycles. The maximum Gasteiger partial charge on any atom is 0.258 e. The minimum absolute atomic E-state index is 0.00876. The highest BCUT2D eigenvalue weighted by atomic mass is 19.1. The van der Waals surface area contributed by atoms with Crippen molar-refractivity contribution in [3.8, 4) is 0 Å². The van der Waals surface area contributed by atoms with E-state index in [9.17, 15) is 14.0 Å². The topological polar surface area (TPSA) is 49.4 Å². The van der Waals surface area contributed by atoms with E-state index in [0.29, 0.717) is 23.2 Å². The quantitative estimate of drug-likeness (QED) is 0.719. The molecule has 0 unspecified atom stereocenters. The lowest BCUT2D eigenvalue weighted by Crippen LogP contribution is -2.40. The second-order valence-electron chi connectivity index (χ2n) is 8.57. The van der Waals surface area contributed by atoms with E-state index >= 15 is 0 Å². The van der Waals surface area contributed by atoms with E-state index < -0.39 is 11.7 Å². The number of carbonyl (C=O) groups is 2. The number of benzene rings is 2. The lowest BCUT2D eigenvalue weighted by atomic mass is 9.83. The molecule has 1 aliphatic carbocycles. The van der Waals surface area contributed by atoms with Gasteiger partial charge in [-0.15, -0.1) is 0 Å². The van der Waals surface area contributed by atoms with E-state index in [4.69, 9.17) is 0 Å². The fourth-order valence-electron chi connectivity index (χ4n) is 4.94. The van der Waals surface area contributed by atoms with Crippen LogP contribution >= 0.6 is 0 Å². The molecule has 0 spiro atoms. The van der Waals surface area contributed by atoms with Crippen LogP contribution in [0, 0.1) is 18.7 Å². The number of anilines is 1. The zero-order valence-electron chi connectivity index (χ0n) is 17.5. The van der Waals surface area contributed by atoms with E-state index in [-0.39, 0.29) is 11.5 Å². The van der Waals surface area contributed by atoms with Gasteiger partial charge >= 0.3 is 0 Å². The van der Waals surface area contributed by atoms with Gasteiger partial charge in [0.1, 0.15) is 5.82 Å². The first-order valence-electron chi connectivity index (χ1n) is 11.0. The first-order valence-corrected chi connectivity index (χ1v) is 11.0. The fraction of sp³-hybridized carbons (Fsp3) is 0.440. The molecule has 1 atom stereocenters. The van der Waals surface area contributed by atoms with Crippen LogP contribution < -0.4 is 5.32 Å². The van der Waals surface area contributed by atoms with Crippen molar-refractivity contribution < 1.29 is 14.0 Å². The van der Waals surface area contributed by atoms with Gasteiger partial charge in [0.05, 0.1) is 5.56 Å². The molecule has 0 radical (unpaired) electrons. The molecule has 2 fully saturated rings. The molecule has 2 amide bonds. The molecule has 5 heteroatoms. The van der Waals surface area contributed by atoms with Crippen LogP contribution in [0.15, 0.2) is 42.5 Å². The van der Waals surface area contributed by atoms with Gasteiger partial charge in [0, 0.05) is 23.8 Å². The van der Waals surface area contributed by atoms with E-state index in [1.54, 1.807) is 18.2 Å². The largest absolute Gasteiger partial charge is 0.335 e. The molecule has 2 aliphatic rings. The summed E-state index contributed by atoms with van der Waals surface area (Å²) in [5.41, 5.74) is 1.95. The van der Waals surface area contributed by atoms with Gasteiger partial charge in [-0.1, -0.05) is 37.5 Å². The first-order chi connectivity index (χ1) is 14.5. The van der Waals surface area contributed by atoms with Crippen LogP contribution in [0.5, 0.6) is 0 Å². The fourth-order valence-corrected chi connectivity index (χ4v) is 4.94. The third-order valence-electron chi connectivity index (χ3n) is 6.61. The van der Waals surface area contributed by atoms with Crippen molar-refractivity contribution in [1.82, 2.24) is 4.90 Å². The van der Waals surface area contributed by atoms with Crippen molar-refractivity contribution in [3.63, 3.8) is 0 Å². The van der Waals surface area contributed by atoms with Gasteiger partial charge in [-0.05, 0) is 68.4 Å². The number of aryl methyl sites for hydroxylation is 1. The summed E-state index contributed by atoms with van der Waals surface area (Å²) in [4.78, 5) is 27.9. The highest BCUT2D eigenvalue weighted by Crippen LogP contribution is 2.35. The average Bonchev–Trinajstić information content (AvgIpc) is 3.25. The summed E-state index contributed by atoms with van der Waals surface area (Å²) in [6.07, 6.45) is 8.40.